The van der Waals surface area contributed by atoms with Crippen molar-refractivity contribution < 1.29 is 4.79 Å². The van der Waals surface area contributed by atoms with Crippen LogP contribution in [0, 0.1) is 32.1 Å². The van der Waals surface area contributed by atoms with Crippen LogP contribution in [0.5, 0.6) is 0 Å². The first-order valence-corrected chi connectivity index (χ1v) is 12.3. The third-order valence-corrected chi connectivity index (χ3v) is 6.43. The lowest BCUT2D eigenvalue weighted by Crippen LogP contribution is -2.33. The summed E-state index contributed by atoms with van der Waals surface area (Å²) in [7, 11) is 0. The van der Waals surface area contributed by atoms with Crippen LogP contribution >= 0.6 is 11.8 Å². The Morgan fingerprint density at radius 2 is 1.74 bits per heavy atom. The smallest absolute Gasteiger partial charge is 0.237 e. The highest BCUT2D eigenvalue weighted by molar-refractivity contribution is 7.99. The van der Waals surface area contributed by atoms with Crippen LogP contribution < -0.4 is 4.90 Å². The number of para-hydroxylation sites is 1. The van der Waals surface area contributed by atoms with Gasteiger partial charge in [-0.05, 0) is 67.8 Å². The van der Waals surface area contributed by atoms with Crippen LogP contribution in [0.1, 0.15) is 23.1 Å². The molecule has 0 saturated heterocycles. The van der Waals surface area contributed by atoms with E-state index in [1.807, 2.05) is 73.9 Å². The Bertz CT molecular complexity index is 1360. The molecule has 2 heterocycles. The van der Waals surface area contributed by atoms with E-state index in [9.17, 15) is 4.79 Å². The monoisotopic (exact) mass is 482 g/mol. The van der Waals surface area contributed by atoms with E-state index >= 15 is 0 Å². The molecule has 4 aromatic rings. The van der Waals surface area contributed by atoms with Gasteiger partial charge in [-0.2, -0.15) is 5.26 Å². The molecule has 0 aliphatic rings. The molecule has 0 unspecified atom stereocenters. The van der Waals surface area contributed by atoms with E-state index in [-0.39, 0.29) is 18.1 Å². The predicted molar refractivity (Wildman–Crippen MR) is 139 cm³/mol. The van der Waals surface area contributed by atoms with E-state index in [1.54, 1.807) is 17.3 Å². The summed E-state index contributed by atoms with van der Waals surface area (Å²) in [5.74, 6) is 0.769. The Labute approximate surface area is 209 Å². The largest absolute Gasteiger partial charge is 0.311 e. The molecule has 0 N–H and O–H groups in total. The first-order chi connectivity index (χ1) is 17.0. The highest BCUT2D eigenvalue weighted by Crippen LogP contribution is 2.30. The van der Waals surface area contributed by atoms with Gasteiger partial charge in [0.15, 0.2) is 11.0 Å². The summed E-state index contributed by atoms with van der Waals surface area (Å²) >= 11 is 1.34. The molecule has 0 bridgehead atoms. The van der Waals surface area contributed by atoms with Crippen LogP contribution in [0.4, 0.5) is 5.69 Å². The number of nitriles is 1. The maximum atomic E-state index is 13.4. The zero-order chi connectivity index (χ0) is 24.8. The molecule has 4 rings (SSSR count). The lowest BCUT2D eigenvalue weighted by atomic mass is 10.1. The molecule has 8 heteroatoms. The van der Waals surface area contributed by atoms with Gasteiger partial charge < -0.3 is 4.90 Å². The van der Waals surface area contributed by atoms with Gasteiger partial charge in [0, 0.05) is 30.2 Å². The molecule has 0 aliphatic carbocycles. The third kappa shape index (κ3) is 5.58. The highest BCUT2D eigenvalue weighted by Gasteiger charge is 2.21. The second kappa shape index (κ2) is 11.0. The number of amides is 1. The Morgan fingerprint density at radius 3 is 2.43 bits per heavy atom. The van der Waals surface area contributed by atoms with Crippen molar-refractivity contribution in [3.05, 3.63) is 83.7 Å². The second-order valence-electron chi connectivity index (χ2n) is 8.25. The van der Waals surface area contributed by atoms with E-state index in [1.165, 1.54) is 11.8 Å². The molecular formula is C27H26N6OS. The van der Waals surface area contributed by atoms with Gasteiger partial charge in [-0.1, -0.05) is 36.0 Å². The third-order valence-electron chi connectivity index (χ3n) is 5.52. The van der Waals surface area contributed by atoms with Crippen LogP contribution in [0.15, 0.2) is 72.1 Å². The standard InChI is InChI=1S/C27H26N6OS/c1-19-15-20(2)17-23(16-19)32(14-6-11-28)25(34)18-35-27-31-30-26(22-9-12-29-13-10-22)33(27)24-8-5-4-7-21(24)3/h4-5,7-10,12-13,15-17H,6,14,18H2,1-3H3. The number of carbonyl (C=O) groups is 1. The van der Waals surface area contributed by atoms with Crippen LogP contribution in [0.25, 0.3) is 17.1 Å². The van der Waals surface area contributed by atoms with E-state index in [0.29, 0.717) is 17.5 Å². The van der Waals surface area contributed by atoms with Crippen molar-refractivity contribution in [3.63, 3.8) is 0 Å². The minimum atomic E-state index is -0.0833. The number of anilines is 1. The number of nitrogens with zero attached hydrogens (tertiary/aromatic N) is 6. The van der Waals surface area contributed by atoms with Gasteiger partial charge in [0.05, 0.1) is 23.9 Å². The normalized spacial score (nSPS) is 10.7. The van der Waals surface area contributed by atoms with Crippen molar-refractivity contribution in [2.75, 3.05) is 17.2 Å². The van der Waals surface area contributed by atoms with Crippen molar-refractivity contribution >= 4 is 23.4 Å². The molecule has 0 fully saturated rings. The van der Waals surface area contributed by atoms with Crippen LogP contribution in [-0.2, 0) is 4.79 Å². The molecule has 7 nitrogen and oxygen atoms in total. The Kier molecular flexibility index (Phi) is 7.58. The molecule has 0 atom stereocenters. The molecule has 0 spiro atoms. The van der Waals surface area contributed by atoms with E-state index in [0.717, 1.165) is 33.6 Å². The molecule has 2 aromatic heterocycles. The zero-order valence-electron chi connectivity index (χ0n) is 20.0. The van der Waals surface area contributed by atoms with Gasteiger partial charge in [-0.25, -0.2) is 0 Å². The Balaban J connectivity index is 1.66. The van der Waals surface area contributed by atoms with Gasteiger partial charge in [-0.15, -0.1) is 10.2 Å². The van der Waals surface area contributed by atoms with Crippen molar-refractivity contribution in [1.82, 2.24) is 19.7 Å². The minimum absolute atomic E-state index is 0.0833. The van der Waals surface area contributed by atoms with E-state index < -0.39 is 0 Å². The van der Waals surface area contributed by atoms with Crippen molar-refractivity contribution in [2.24, 2.45) is 0 Å². The summed E-state index contributed by atoms with van der Waals surface area (Å²) in [4.78, 5) is 19.2. The second-order valence-corrected chi connectivity index (χ2v) is 9.19. The number of hydrogen-bond donors (Lipinski definition) is 0. The number of carbonyl (C=O) groups excluding carboxylic acids is 1. The number of rotatable bonds is 8. The topological polar surface area (TPSA) is 87.7 Å². The van der Waals surface area contributed by atoms with Crippen LogP contribution in [0.2, 0.25) is 0 Å². The van der Waals surface area contributed by atoms with Crippen molar-refractivity contribution in [2.45, 2.75) is 32.3 Å². The number of aromatic nitrogens is 4. The first kappa shape index (κ1) is 24.2. The van der Waals surface area contributed by atoms with Gasteiger partial charge in [0.1, 0.15) is 0 Å². The average molecular weight is 483 g/mol. The average Bonchev–Trinajstić information content (AvgIpc) is 3.27. The molecule has 2 aromatic carbocycles. The molecule has 35 heavy (non-hydrogen) atoms. The van der Waals surface area contributed by atoms with Crippen LogP contribution in [-0.4, -0.2) is 38.0 Å². The van der Waals surface area contributed by atoms with Gasteiger partial charge in [0.25, 0.3) is 0 Å². The summed E-state index contributed by atoms with van der Waals surface area (Å²) in [6.45, 7) is 6.38. The minimum Gasteiger partial charge on any atom is -0.311 e. The number of hydrogen-bond acceptors (Lipinski definition) is 6. The van der Waals surface area contributed by atoms with Crippen molar-refractivity contribution in [3.8, 4) is 23.1 Å². The van der Waals surface area contributed by atoms with Crippen molar-refractivity contribution in [1.29, 1.82) is 5.26 Å². The molecule has 0 saturated carbocycles. The van der Waals surface area contributed by atoms with Gasteiger partial charge in [-0.3, -0.25) is 14.3 Å². The predicted octanol–water partition coefficient (Wildman–Crippen LogP) is 5.29. The number of thioether (sulfide) groups is 1. The maximum Gasteiger partial charge on any atom is 0.237 e. The molecule has 0 aliphatic heterocycles. The zero-order valence-corrected chi connectivity index (χ0v) is 20.8. The summed E-state index contributed by atoms with van der Waals surface area (Å²) in [6, 6.07) is 20.0. The molecule has 176 valence electrons. The summed E-state index contributed by atoms with van der Waals surface area (Å²) in [5.41, 5.74) is 5.87. The number of pyridine rings is 1. The summed E-state index contributed by atoms with van der Waals surface area (Å²) in [5, 5.41) is 18.7. The fourth-order valence-corrected chi connectivity index (χ4v) is 4.77. The number of benzene rings is 2. The lowest BCUT2D eigenvalue weighted by molar-refractivity contribution is -0.116. The maximum absolute atomic E-state index is 13.4. The Hall–Kier alpha value is -3.96. The van der Waals surface area contributed by atoms with Gasteiger partial charge in [0.2, 0.25) is 5.91 Å². The lowest BCUT2D eigenvalue weighted by Gasteiger charge is -2.23. The SMILES string of the molecule is Cc1cc(C)cc(N(CCC#N)C(=O)CSc2nnc(-c3ccncc3)n2-c2ccccc2C)c1. The fourth-order valence-electron chi connectivity index (χ4n) is 3.95. The van der Waals surface area contributed by atoms with E-state index in [4.69, 9.17) is 5.26 Å². The first-order valence-electron chi connectivity index (χ1n) is 11.3. The van der Waals surface area contributed by atoms with Gasteiger partial charge >= 0.3 is 0 Å². The van der Waals surface area contributed by atoms with E-state index in [2.05, 4.69) is 27.3 Å². The molecular weight excluding hydrogens is 456 g/mol. The van der Waals surface area contributed by atoms with Crippen LogP contribution in [0.3, 0.4) is 0 Å². The fraction of sp³-hybridized carbons (Fsp3) is 0.222. The number of aryl methyl sites for hydroxylation is 3. The highest BCUT2D eigenvalue weighted by atomic mass is 32.2. The molecule has 1 amide bonds. The Morgan fingerprint density at radius 1 is 1.03 bits per heavy atom. The summed E-state index contributed by atoms with van der Waals surface area (Å²) < 4.78 is 1.99. The molecule has 0 radical (unpaired) electrons. The summed E-state index contributed by atoms with van der Waals surface area (Å²) in [6.07, 6.45) is 3.70. The quantitative estimate of drug-likeness (QED) is 0.317.